The van der Waals surface area contributed by atoms with Crippen LogP contribution in [-0.4, -0.2) is 9.46 Å². The molecule has 2 aliphatic rings. The Hall–Kier alpha value is -0.710. The average molecular weight is 384 g/mol. The maximum Gasteiger partial charge on any atom is 0.222 e. The van der Waals surface area contributed by atoms with Gasteiger partial charge < -0.3 is 0 Å². The lowest BCUT2D eigenvalue weighted by Crippen LogP contribution is -2.31. The maximum absolute atomic E-state index is 15.3. The predicted molar refractivity (Wildman–Crippen MR) is 87.0 cm³/mol. The number of halogens is 2. The molecule has 20 heavy (non-hydrogen) atoms. The first-order valence-corrected chi connectivity index (χ1v) is 8.35. The van der Waals surface area contributed by atoms with Crippen LogP contribution >= 0.6 is 22.6 Å². The molecule has 1 aromatic rings. The Morgan fingerprint density at radius 3 is 2.70 bits per heavy atom. The van der Waals surface area contributed by atoms with E-state index < -0.39 is 5.67 Å². The second-order valence-corrected chi connectivity index (χ2v) is 6.94. The standard InChI is InChI=1S/C17H18FIO/c18-17(9-3-1-2-4-14-10-15(14)17)11-12-5-7-13(8-6-12)16(19)20/h5-8,10,15H,1-4,9,11H2. The quantitative estimate of drug-likeness (QED) is 0.406. The van der Waals surface area contributed by atoms with E-state index in [0.29, 0.717) is 18.4 Å². The Labute approximate surface area is 132 Å². The Morgan fingerprint density at radius 1 is 1.25 bits per heavy atom. The zero-order valence-corrected chi connectivity index (χ0v) is 13.5. The summed E-state index contributed by atoms with van der Waals surface area (Å²) in [5, 5.41) is 0. The number of fused-ring (bicyclic) bond motifs is 1. The molecule has 0 amide bonds. The van der Waals surface area contributed by atoms with Crippen LogP contribution in [0.3, 0.4) is 0 Å². The summed E-state index contributed by atoms with van der Waals surface area (Å²) in [5.41, 5.74) is 1.90. The van der Waals surface area contributed by atoms with Crippen LogP contribution in [0.5, 0.6) is 0 Å². The van der Waals surface area contributed by atoms with Gasteiger partial charge in [0.15, 0.2) is 0 Å². The molecule has 0 aromatic heterocycles. The fourth-order valence-electron chi connectivity index (χ4n) is 3.26. The lowest BCUT2D eigenvalue weighted by Gasteiger charge is -2.28. The second kappa shape index (κ2) is 5.58. The minimum absolute atomic E-state index is 0.0289. The van der Waals surface area contributed by atoms with Gasteiger partial charge in [0, 0.05) is 40.5 Å². The molecule has 0 aliphatic heterocycles. The summed E-state index contributed by atoms with van der Waals surface area (Å²) in [6.45, 7) is 0. The van der Waals surface area contributed by atoms with Crippen LogP contribution in [0.4, 0.5) is 4.39 Å². The molecule has 0 bridgehead atoms. The molecule has 0 spiro atoms. The zero-order valence-electron chi connectivity index (χ0n) is 11.4. The van der Waals surface area contributed by atoms with Gasteiger partial charge in [-0.15, -0.1) is 0 Å². The molecule has 0 radical (unpaired) electrons. The third-order valence-electron chi connectivity index (χ3n) is 4.47. The van der Waals surface area contributed by atoms with Crippen LogP contribution in [0.25, 0.3) is 0 Å². The van der Waals surface area contributed by atoms with Crippen LogP contribution in [0, 0.1) is 5.92 Å². The molecule has 1 nitrogen and oxygen atoms in total. The van der Waals surface area contributed by atoms with Gasteiger partial charge in [-0.05, 0) is 24.8 Å². The first kappa shape index (κ1) is 14.2. The minimum Gasteiger partial charge on any atom is -0.282 e. The van der Waals surface area contributed by atoms with E-state index in [1.165, 1.54) is 12.0 Å². The smallest absolute Gasteiger partial charge is 0.222 e. The molecule has 2 unspecified atom stereocenters. The highest BCUT2D eigenvalue weighted by atomic mass is 127. The highest BCUT2D eigenvalue weighted by Crippen LogP contribution is 2.49. The van der Waals surface area contributed by atoms with E-state index in [-0.39, 0.29) is 9.71 Å². The molecule has 3 heteroatoms. The molecule has 2 aliphatic carbocycles. The van der Waals surface area contributed by atoms with Crippen LogP contribution in [-0.2, 0) is 6.42 Å². The van der Waals surface area contributed by atoms with Crippen molar-refractivity contribution < 1.29 is 9.18 Å². The van der Waals surface area contributed by atoms with Gasteiger partial charge in [-0.3, -0.25) is 4.79 Å². The molecule has 1 aromatic carbocycles. The largest absolute Gasteiger partial charge is 0.282 e. The zero-order chi connectivity index (χ0) is 14.2. The summed E-state index contributed by atoms with van der Waals surface area (Å²) < 4.78 is 15.3. The minimum atomic E-state index is -1.11. The van der Waals surface area contributed by atoms with Crippen LogP contribution in [0.2, 0.25) is 0 Å². The van der Waals surface area contributed by atoms with Crippen LogP contribution in [0.15, 0.2) is 35.9 Å². The van der Waals surface area contributed by atoms with Gasteiger partial charge in [0.2, 0.25) is 3.79 Å². The van der Waals surface area contributed by atoms with E-state index >= 15 is 4.39 Å². The molecule has 1 saturated carbocycles. The number of hydrogen-bond donors (Lipinski definition) is 0. The van der Waals surface area contributed by atoms with E-state index in [4.69, 9.17) is 0 Å². The SMILES string of the molecule is O=C(I)c1ccc(CC2(F)CCCCCC3=CC32)cc1. The van der Waals surface area contributed by atoms with Crippen molar-refractivity contribution in [1.29, 1.82) is 0 Å². The number of carbonyl (C=O) groups excluding carboxylic acids is 1. The van der Waals surface area contributed by atoms with Gasteiger partial charge in [0.05, 0.1) is 0 Å². The third-order valence-corrected chi connectivity index (χ3v) is 5.09. The fourth-order valence-corrected chi connectivity index (χ4v) is 3.62. The van der Waals surface area contributed by atoms with Crippen LogP contribution < -0.4 is 0 Å². The number of allylic oxidation sites excluding steroid dienone is 2. The first-order valence-electron chi connectivity index (χ1n) is 7.27. The van der Waals surface area contributed by atoms with Gasteiger partial charge >= 0.3 is 0 Å². The molecule has 106 valence electrons. The molecule has 0 saturated heterocycles. The number of alkyl halides is 1. The summed E-state index contributed by atoms with van der Waals surface area (Å²) >= 11 is 1.78. The number of benzene rings is 1. The van der Waals surface area contributed by atoms with Gasteiger partial charge in [0.25, 0.3) is 0 Å². The molecule has 1 fully saturated rings. The van der Waals surface area contributed by atoms with Crippen molar-refractivity contribution in [3.63, 3.8) is 0 Å². The fraction of sp³-hybridized carbons (Fsp3) is 0.471. The van der Waals surface area contributed by atoms with Gasteiger partial charge in [-0.1, -0.05) is 48.8 Å². The van der Waals surface area contributed by atoms with Crippen molar-refractivity contribution in [1.82, 2.24) is 0 Å². The van der Waals surface area contributed by atoms with Gasteiger partial charge in [0.1, 0.15) is 5.67 Å². The molecule has 0 heterocycles. The van der Waals surface area contributed by atoms with E-state index in [1.54, 1.807) is 34.7 Å². The Bertz CT molecular complexity index is 549. The van der Waals surface area contributed by atoms with E-state index in [1.807, 2.05) is 12.1 Å². The molecule has 2 atom stereocenters. The summed E-state index contributed by atoms with van der Waals surface area (Å²) in [6.07, 6.45) is 7.66. The maximum atomic E-state index is 15.3. The second-order valence-electron chi connectivity index (χ2n) is 5.96. The molecular formula is C17H18FIO. The first-order chi connectivity index (χ1) is 9.58. The lowest BCUT2D eigenvalue weighted by molar-refractivity contribution is 0.110. The highest BCUT2D eigenvalue weighted by Gasteiger charge is 2.46. The molecule has 0 N–H and O–H groups in total. The van der Waals surface area contributed by atoms with Gasteiger partial charge in [-0.2, -0.15) is 0 Å². The van der Waals surface area contributed by atoms with Crippen molar-refractivity contribution in [2.45, 2.75) is 44.2 Å². The van der Waals surface area contributed by atoms with Crippen LogP contribution in [0.1, 0.15) is 48.0 Å². The monoisotopic (exact) mass is 384 g/mol. The van der Waals surface area contributed by atoms with E-state index in [2.05, 4.69) is 6.08 Å². The summed E-state index contributed by atoms with van der Waals surface area (Å²) in [4.78, 5) is 11.3. The Morgan fingerprint density at radius 2 is 2.00 bits per heavy atom. The van der Waals surface area contributed by atoms with Crippen molar-refractivity contribution >= 4 is 26.4 Å². The number of carbonyl (C=O) groups is 1. The summed E-state index contributed by atoms with van der Waals surface area (Å²) in [6, 6.07) is 7.40. The highest BCUT2D eigenvalue weighted by molar-refractivity contribution is 14.1. The van der Waals surface area contributed by atoms with Crippen molar-refractivity contribution in [3.05, 3.63) is 47.0 Å². The Kier molecular flexibility index (Phi) is 3.98. The van der Waals surface area contributed by atoms with Crippen molar-refractivity contribution in [2.24, 2.45) is 5.92 Å². The molecule has 3 rings (SSSR count). The predicted octanol–water partition coefficient (Wildman–Crippen LogP) is 5.03. The number of hydrogen-bond acceptors (Lipinski definition) is 1. The Balaban J connectivity index is 1.73. The topological polar surface area (TPSA) is 17.1 Å². The van der Waals surface area contributed by atoms with Crippen molar-refractivity contribution in [3.8, 4) is 0 Å². The normalized spacial score (nSPS) is 28.9. The lowest BCUT2D eigenvalue weighted by atomic mass is 9.82. The van der Waals surface area contributed by atoms with E-state index in [9.17, 15) is 4.79 Å². The number of rotatable bonds is 3. The van der Waals surface area contributed by atoms with Gasteiger partial charge in [-0.25, -0.2) is 4.39 Å². The van der Waals surface area contributed by atoms with Crippen molar-refractivity contribution in [2.75, 3.05) is 0 Å². The van der Waals surface area contributed by atoms with E-state index in [0.717, 1.165) is 24.8 Å². The average Bonchev–Trinajstić information content (AvgIpc) is 3.17. The molecular weight excluding hydrogens is 366 g/mol. The third kappa shape index (κ3) is 2.97. The summed E-state index contributed by atoms with van der Waals surface area (Å²) in [5.74, 6) is 0.0775. The summed E-state index contributed by atoms with van der Waals surface area (Å²) in [7, 11) is 0.